The van der Waals surface area contributed by atoms with Crippen molar-refractivity contribution < 1.29 is 9.90 Å². The van der Waals surface area contributed by atoms with Gasteiger partial charge in [-0.15, -0.1) is 0 Å². The van der Waals surface area contributed by atoms with Crippen molar-refractivity contribution in [3.8, 4) is 0 Å². The van der Waals surface area contributed by atoms with Gasteiger partial charge in [0.1, 0.15) is 11.2 Å². The molecule has 5 nitrogen and oxygen atoms in total. The summed E-state index contributed by atoms with van der Waals surface area (Å²) in [5.74, 6) is -0.781. The third-order valence-corrected chi connectivity index (χ3v) is 3.55. The largest absolute Gasteiger partial charge is 0.480 e. The lowest BCUT2D eigenvalue weighted by Crippen LogP contribution is -2.49. The minimum atomic E-state index is -0.835. The highest BCUT2D eigenvalue weighted by atomic mass is 16.4. The third-order valence-electron chi connectivity index (χ3n) is 3.55. The van der Waals surface area contributed by atoms with Crippen LogP contribution in [0.3, 0.4) is 0 Å². The molecule has 2 aromatic rings. The van der Waals surface area contributed by atoms with Gasteiger partial charge in [0.2, 0.25) is 0 Å². The zero-order chi connectivity index (χ0) is 12.6. The van der Waals surface area contributed by atoms with Crippen molar-refractivity contribution in [1.29, 1.82) is 0 Å². The zero-order valence-corrected chi connectivity index (χ0v) is 9.97. The summed E-state index contributed by atoms with van der Waals surface area (Å²) in [6.45, 7) is 0.764. The maximum Gasteiger partial charge on any atom is 0.324 e. The molecule has 3 heterocycles. The van der Waals surface area contributed by atoms with E-state index in [0.717, 1.165) is 24.3 Å². The molecular weight excluding hydrogens is 230 g/mol. The standard InChI is InChI=1S/C13H15N3O2/c17-12(18)13(5-3-6-14-13)8-10-9-16-7-2-1-4-11(16)15-10/h1-2,4,7,9,14H,3,5-6,8H2,(H,17,18). The SMILES string of the molecule is O=C(O)C1(Cc2cn3ccccc3n2)CCCN1. The molecule has 18 heavy (non-hydrogen) atoms. The summed E-state index contributed by atoms with van der Waals surface area (Å²) in [5.41, 5.74) is 0.835. The van der Waals surface area contributed by atoms with E-state index in [4.69, 9.17) is 0 Å². The number of carboxylic acids is 1. The molecule has 1 atom stereocenters. The van der Waals surface area contributed by atoms with Crippen molar-refractivity contribution in [1.82, 2.24) is 14.7 Å². The minimum Gasteiger partial charge on any atom is -0.480 e. The Labute approximate surface area is 104 Å². The number of nitrogens with one attached hydrogen (secondary N) is 1. The van der Waals surface area contributed by atoms with Crippen molar-refractivity contribution in [2.75, 3.05) is 6.54 Å². The fraction of sp³-hybridized carbons (Fsp3) is 0.385. The van der Waals surface area contributed by atoms with Gasteiger partial charge in [0.25, 0.3) is 0 Å². The van der Waals surface area contributed by atoms with Crippen LogP contribution < -0.4 is 5.32 Å². The number of hydrogen-bond donors (Lipinski definition) is 2. The van der Waals surface area contributed by atoms with Crippen LogP contribution in [0.1, 0.15) is 18.5 Å². The lowest BCUT2D eigenvalue weighted by Gasteiger charge is -2.23. The van der Waals surface area contributed by atoms with Gasteiger partial charge in [-0.1, -0.05) is 6.07 Å². The molecule has 0 amide bonds. The summed E-state index contributed by atoms with van der Waals surface area (Å²) < 4.78 is 1.92. The Kier molecular flexibility index (Phi) is 2.56. The molecule has 1 aliphatic rings. The maximum absolute atomic E-state index is 11.4. The Morgan fingerprint density at radius 2 is 2.44 bits per heavy atom. The number of imidazole rings is 1. The molecule has 0 aliphatic carbocycles. The van der Waals surface area contributed by atoms with Crippen LogP contribution in [0.2, 0.25) is 0 Å². The first-order chi connectivity index (χ1) is 8.70. The third kappa shape index (κ3) is 1.76. The van der Waals surface area contributed by atoms with Gasteiger partial charge in [-0.2, -0.15) is 0 Å². The first kappa shape index (κ1) is 11.2. The fourth-order valence-electron chi connectivity index (χ4n) is 2.60. The van der Waals surface area contributed by atoms with E-state index in [1.54, 1.807) is 0 Å². The first-order valence-corrected chi connectivity index (χ1v) is 6.11. The molecule has 5 heteroatoms. The lowest BCUT2D eigenvalue weighted by molar-refractivity contribution is -0.144. The number of carboxylic acid groups (broad SMARTS) is 1. The van der Waals surface area contributed by atoms with Crippen LogP contribution in [0, 0.1) is 0 Å². The van der Waals surface area contributed by atoms with Crippen molar-refractivity contribution in [2.24, 2.45) is 0 Å². The van der Waals surface area contributed by atoms with Gasteiger partial charge in [0.05, 0.1) is 5.69 Å². The summed E-state index contributed by atoms with van der Waals surface area (Å²) in [5, 5.41) is 12.5. The number of aliphatic carboxylic acids is 1. The molecule has 2 aromatic heterocycles. The lowest BCUT2D eigenvalue weighted by atomic mass is 9.92. The maximum atomic E-state index is 11.4. The second-order valence-electron chi connectivity index (χ2n) is 4.79. The zero-order valence-electron chi connectivity index (χ0n) is 9.97. The smallest absolute Gasteiger partial charge is 0.324 e. The van der Waals surface area contributed by atoms with E-state index in [1.807, 2.05) is 35.0 Å². The monoisotopic (exact) mass is 245 g/mol. The van der Waals surface area contributed by atoms with E-state index in [0.29, 0.717) is 12.8 Å². The average Bonchev–Trinajstić information content (AvgIpc) is 2.95. The predicted molar refractivity (Wildman–Crippen MR) is 66.5 cm³/mol. The molecule has 1 unspecified atom stereocenters. The van der Waals surface area contributed by atoms with Gasteiger partial charge in [0, 0.05) is 18.8 Å². The molecule has 1 saturated heterocycles. The van der Waals surface area contributed by atoms with E-state index in [2.05, 4.69) is 10.3 Å². The molecule has 2 N–H and O–H groups in total. The highest BCUT2D eigenvalue weighted by Gasteiger charge is 2.41. The highest BCUT2D eigenvalue weighted by Crippen LogP contribution is 2.24. The Morgan fingerprint density at radius 1 is 1.56 bits per heavy atom. The predicted octanol–water partition coefficient (Wildman–Crippen LogP) is 1.08. The first-order valence-electron chi connectivity index (χ1n) is 6.11. The topological polar surface area (TPSA) is 66.6 Å². The molecule has 94 valence electrons. The number of hydrogen-bond acceptors (Lipinski definition) is 3. The van der Waals surface area contributed by atoms with Gasteiger partial charge >= 0.3 is 5.97 Å². The summed E-state index contributed by atoms with van der Waals surface area (Å²) in [4.78, 5) is 15.9. The van der Waals surface area contributed by atoms with Crippen molar-refractivity contribution in [3.63, 3.8) is 0 Å². The summed E-state index contributed by atoms with van der Waals surface area (Å²) in [6.07, 6.45) is 5.82. The number of carbonyl (C=O) groups is 1. The Morgan fingerprint density at radius 3 is 3.11 bits per heavy atom. The van der Waals surface area contributed by atoms with Crippen LogP contribution in [0.15, 0.2) is 30.6 Å². The molecule has 0 saturated carbocycles. The van der Waals surface area contributed by atoms with E-state index >= 15 is 0 Å². The van der Waals surface area contributed by atoms with E-state index < -0.39 is 11.5 Å². The average molecular weight is 245 g/mol. The molecule has 0 spiro atoms. The number of fused-ring (bicyclic) bond motifs is 1. The Balaban J connectivity index is 1.93. The van der Waals surface area contributed by atoms with Gasteiger partial charge in [-0.25, -0.2) is 4.98 Å². The van der Waals surface area contributed by atoms with Gasteiger partial charge in [-0.05, 0) is 31.5 Å². The normalized spacial score (nSPS) is 23.6. The van der Waals surface area contributed by atoms with Crippen molar-refractivity contribution >= 4 is 11.6 Å². The number of aromatic nitrogens is 2. The van der Waals surface area contributed by atoms with Gasteiger partial charge in [0.15, 0.2) is 0 Å². The summed E-state index contributed by atoms with van der Waals surface area (Å²) in [6, 6.07) is 5.77. The second-order valence-corrected chi connectivity index (χ2v) is 4.79. The van der Waals surface area contributed by atoms with Crippen molar-refractivity contribution in [3.05, 3.63) is 36.3 Å². The second kappa shape index (κ2) is 4.10. The van der Waals surface area contributed by atoms with Crippen LogP contribution >= 0.6 is 0 Å². The summed E-state index contributed by atoms with van der Waals surface area (Å²) >= 11 is 0. The highest BCUT2D eigenvalue weighted by molar-refractivity contribution is 5.79. The van der Waals surface area contributed by atoms with Gasteiger partial charge in [-0.3, -0.25) is 4.79 Å². The number of rotatable bonds is 3. The van der Waals surface area contributed by atoms with Crippen LogP contribution in [-0.4, -0.2) is 32.5 Å². The van der Waals surface area contributed by atoms with E-state index in [1.165, 1.54) is 0 Å². The van der Waals surface area contributed by atoms with Crippen LogP contribution in [0.25, 0.3) is 5.65 Å². The van der Waals surface area contributed by atoms with E-state index in [9.17, 15) is 9.90 Å². The molecule has 0 radical (unpaired) electrons. The fourth-order valence-corrected chi connectivity index (χ4v) is 2.60. The Hall–Kier alpha value is -1.88. The van der Waals surface area contributed by atoms with Crippen LogP contribution in [-0.2, 0) is 11.2 Å². The minimum absolute atomic E-state index is 0.435. The molecule has 0 bridgehead atoms. The number of pyridine rings is 1. The quantitative estimate of drug-likeness (QED) is 0.849. The van der Waals surface area contributed by atoms with Crippen molar-refractivity contribution in [2.45, 2.75) is 24.8 Å². The van der Waals surface area contributed by atoms with Crippen LogP contribution in [0.4, 0.5) is 0 Å². The number of nitrogens with zero attached hydrogens (tertiary/aromatic N) is 2. The molecule has 3 rings (SSSR count). The van der Waals surface area contributed by atoms with Crippen LogP contribution in [0.5, 0.6) is 0 Å². The molecular formula is C13H15N3O2. The van der Waals surface area contributed by atoms with E-state index in [-0.39, 0.29) is 0 Å². The Bertz CT molecular complexity index is 552. The summed E-state index contributed by atoms with van der Waals surface area (Å²) in [7, 11) is 0. The molecule has 1 aliphatic heterocycles. The molecule has 0 aromatic carbocycles. The van der Waals surface area contributed by atoms with Gasteiger partial charge < -0.3 is 14.8 Å². The molecule has 1 fully saturated rings.